The van der Waals surface area contributed by atoms with E-state index in [-0.39, 0.29) is 5.91 Å². The molecule has 23 heavy (non-hydrogen) atoms. The summed E-state index contributed by atoms with van der Waals surface area (Å²) in [5, 5.41) is 19.6. The minimum atomic E-state index is -1.03. The van der Waals surface area contributed by atoms with Gasteiger partial charge in [0.15, 0.2) is 5.16 Å². The van der Waals surface area contributed by atoms with Crippen molar-refractivity contribution in [3.63, 3.8) is 0 Å². The largest absolute Gasteiger partial charge is 0.378 e. The van der Waals surface area contributed by atoms with Crippen LogP contribution in [0.2, 0.25) is 0 Å². The van der Waals surface area contributed by atoms with Gasteiger partial charge in [-0.05, 0) is 38.1 Å². The molecule has 2 rings (SSSR count). The van der Waals surface area contributed by atoms with Crippen LogP contribution >= 0.6 is 11.8 Å². The average Bonchev–Trinajstić information content (AvgIpc) is 3.02. The van der Waals surface area contributed by atoms with Gasteiger partial charge in [-0.3, -0.25) is 9.89 Å². The Balaban J connectivity index is 1.81. The van der Waals surface area contributed by atoms with Crippen molar-refractivity contribution in [1.29, 1.82) is 0 Å². The van der Waals surface area contributed by atoms with E-state index in [1.165, 1.54) is 18.1 Å². The molecule has 1 aromatic carbocycles. The summed E-state index contributed by atoms with van der Waals surface area (Å²) in [5.41, 5.74) is 0.296. The zero-order valence-electron chi connectivity index (χ0n) is 13.0. The molecule has 7 heteroatoms. The third kappa shape index (κ3) is 6.14. The van der Waals surface area contributed by atoms with Crippen LogP contribution in [0.15, 0.2) is 35.7 Å². The second-order valence-electron chi connectivity index (χ2n) is 5.28. The van der Waals surface area contributed by atoms with Crippen molar-refractivity contribution in [2.45, 2.75) is 24.6 Å². The summed E-state index contributed by atoms with van der Waals surface area (Å²) >= 11 is 1.49. The molecule has 0 aliphatic rings. The lowest BCUT2D eigenvalue weighted by Crippen LogP contribution is -2.25. The van der Waals surface area contributed by atoms with Gasteiger partial charge in [-0.1, -0.05) is 23.6 Å². The monoisotopic (exact) mass is 330 g/mol. The maximum Gasteiger partial charge on any atom is 0.251 e. The molecular formula is C16H18N4O2S. The first-order valence-electron chi connectivity index (χ1n) is 7.06. The van der Waals surface area contributed by atoms with Gasteiger partial charge < -0.3 is 10.4 Å². The highest BCUT2D eigenvalue weighted by Gasteiger charge is 2.07. The van der Waals surface area contributed by atoms with E-state index in [0.29, 0.717) is 17.9 Å². The van der Waals surface area contributed by atoms with Crippen molar-refractivity contribution in [3.05, 3.63) is 41.7 Å². The number of aromatic amines is 1. The molecule has 0 aliphatic heterocycles. The Kier molecular flexibility index (Phi) is 5.79. The number of benzene rings is 1. The number of hydrogen-bond acceptors (Lipinski definition) is 5. The normalized spacial score (nSPS) is 10.7. The number of nitrogens with one attached hydrogen (secondary N) is 2. The van der Waals surface area contributed by atoms with Crippen molar-refractivity contribution in [2.24, 2.45) is 0 Å². The van der Waals surface area contributed by atoms with Crippen LogP contribution in [0.25, 0.3) is 0 Å². The fraction of sp³-hybridized carbons (Fsp3) is 0.312. The Morgan fingerprint density at radius 3 is 2.74 bits per heavy atom. The molecule has 1 aromatic heterocycles. The van der Waals surface area contributed by atoms with E-state index < -0.39 is 5.60 Å². The first-order chi connectivity index (χ1) is 10.9. The average molecular weight is 330 g/mol. The second kappa shape index (κ2) is 7.81. The molecule has 6 nitrogen and oxygen atoms in total. The number of nitrogens with zero attached hydrogens (tertiary/aromatic N) is 2. The maximum atomic E-state index is 12.0. The molecule has 1 heterocycles. The van der Waals surface area contributed by atoms with E-state index in [1.807, 2.05) is 0 Å². The van der Waals surface area contributed by atoms with Gasteiger partial charge in [0.25, 0.3) is 5.91 Å². The summed E-state index contributed by atoms with van der Waals surface area (Å²) in [7, 11) is 0. The highest BCUT2D eigenvalue weighted by atomic mass is 32.2. The second-order valence-corrected chi connectivity index (χ2v) is 6.36. The van der Waals surface area contributed by atoms with Crippen LogP contribution in [0.5, 0.6) is 0 Å². The molecule has 0 radical (unpaired) electrons. The first kappa shape index (κ1) is 17.1. The summed E-state index contributed by atoms with van der Waals surface area (Å²) in [5.74, 6) is 6.17. The lowest BCUT2D eigenvalue weighted by atomic mass is 10.1. The Bertz CT molecular complexity index is 694. The van der Waals surface area contributed by atoms with E-state index in [1.54, 1.807) is 38.1 Å². The molecule has 0 spiro atoms. The third-order valence-corrected chi connectivity index (χ3v) is 3.56. The molecule has 1 amide bonds. The van der Waals surface area contributed by atoms with Gasteiger partial charge in [-0.25, -0.2) is 4.98 Å². The van der Waals surface area contributed by atoms with E-state index in [0.717, 1.165) is 10.7 Å². The summed E-state index contributed by atoms with van der Waals surface area (Å²) < 4.78 is 0. The minimum Gasteiger partial charge on any atom is -0.378 e. The van der Waals surface area contributed by atoms with Gasteiger partial charge >= 0.3 is 0 Å². The molecule has 2 aromatic rings. The molecule has 0 atom stereocenters. The number of aromatic nitrogens is 3. The summed E-state index contributed by atoms with van der Waals surface area (Å²) in [4.78, 5) is 16.0. The van der Waals surface area contributed by atoms with Gasteiger partial charge in [0.1, 0.15) is 11.9 Å². The number of H-pyrrole nitrogens is 1. The number of amides is 1. The lowest BCUT2D eigenvalue weighted by Gasteiger charge is -2.06. The zero-order valence-corrected chi connectivity index (χ0v) is 13.8. The molecule has 0 bridgehead atoms. The number of thioether (sulfide) groups is 1. The highest BCUT2D eigenvalue weighted by Crippen LogP contribution is 2.09. The molecule has 0 fully saturated rings. The number of rotatable bonds is 5. The summed E-state index contributed by atoms with van der Waals surface area (Å²) in [6.45, 7) is 3.78. The van der Waals surface area contributed by atoms with Gasteiger partial charge in [-0.15, -0.1) is 0 Å². The minimum absolute atomic E-state index is 0.134. The van der Waals surface area contributed by atoms with E-state index in [2.05, 4.69) is 32.3 Å². The zero-order chi connectivity index (χ0) is 16.7. The predicted molar refractivity (Wildman–Crippen MR) is 89.1 cm³/mol. The molecule has 0 unspecified atom stereocenters. The van der Waals surface area contributed by atoms with Crippen LogP contribution in [0.1, 0.15) is 29.8 Å². The molecule has 0 aliphatic carbocycles. The van der Waals surface area contributed by atoms with Crippen molar-refractivity contribution in [2.75, 3.05) is 12.3 Å². The number of carbonyl (C=O) groups excluding carboxylic acids is 1. The molecule has 0 saturated carbocycles. The lowest BCUT2D eigenvalue weighted by molar-refractivity contribution is 0.0956. The van der Waals surface area contributed by atoms with Crippen molar-refractivity contribution >= 4 is 17.7 Å². The molecule has 3 N–H and O–H groups in total. The van der Waals surface area contributed by atoms with Crippen LogP contribution in [0, 0.1) is 11.8 Å². The Morgan fingerprint density at radius 2 is 2.13 bits per heavy atom. The van der Waals surface area contributed by atoms with Gasteiger partial charge in [0.2, 0.25) is 0 Å². The van der Waals surface area contributed by atoms with Gasteiger partial charge in [0, 0.05) is 23.4 Å². The summed E-state index contributed by atoms with van der Waals surface area (Å²) in [6, 6.07) is 6.95. The van der Waals surface area contributed by atoms with Crippen LogP contribution in [-0.2, 0) is 0 Å². The van der Waals surface area contributed by atoms with Crippen molar-refractivity contribution < 1.29 is 9.90 Å². The van der Waals surface area contributed by atoms with Gasteiger partial charge in [0.05, 0.1) is 0 Å². The fourth-order valence-corrected chi connectivity index (χ4v) is 2.24. The standard InChI is InChI=1S/C16H18N4O2S/c1-16(2,22)8-7-12-3-5-13(6-4-12)14(21)17-9-10-23-15-18-11-19-20-15/h3-6,11,22H,9-10H2,1-2H3,(H,17,21)(H,18,19,20). The Hall–Kier alpha value is -2.30. The molecule has 120 valence electrons. The van der Waals surface area contributed by atoms with Crippen LogP contribution in [0.3, 0.4) is 0 Å². The van der Waals surface area contributed by atoms with E-state index in [4.69, 9.17) is 0 Å². The van der Waals surface area contributed by atoms with E-state index >= 15 is 0 Å². The third-order valence-electron chi connectivity index (χ3n) is 2.68. The van der Waals surface area contributed by atoms with E-state index in [9.17, 15) is 9.90 Å². The highest BCUT2D eigenvalue weighted by molar-refractivity contribution is 7.99. The Labute approximate surface area is 139 Å². The molecule has 0 saturated heterocycles. The predicted octanol–water partition coefficient (Wildman–Crippen LogP) is 1.45. The maximum absolute atomic E-state index is 12.0. The quantitative estimate of drug-likeness (QED) is 0.438. The van der Waals surface area contributed by atoms with Crippen LogP contribution in [-0.4, -0.2) is 44.1 Å². The topological polar surface area (TPSA) is 90.9 Å². The van der Waals surface area contributed by atoms with Crippen molar-refractivity contribution in [3.8, 4) is 11.8 Å². The van der Waals surface area contributed by atoms with Crippen LogP contribution in [0.4, 0.5) is 0 Å². The van der Waals surface area contributed by atoms with Gasteiger partial charge in [-0.2, -0.15) is 5.10 Å². The molecular weight excluding hydrogens is 312 g/mol. The number of hydrogen-bond donors (Lipinski definition) is 3. The smallest absolute Gasteiger partial charge is 0.251 e. The summed E-state index contributed by atoms with van der Waals surface area (Å²) in [6.07, 6.45) is 1.45. The van der Waals surface area contributed by atoms with Crippen LogP contribution < -0.4 is 5.32 Å². The SMILES string of the molecule is CC(C)(O)C#Cc1ccc(C(=O)NCCSc2ncn[nH]2)cc1. The first-order valence-corrected chi connectivity index (χ1v) is 8.04. The fourth-order valence-electron chi connectivity index (χ4n) is 1.61. The van der Waals surface area contributed by atoms with Crippen molar-refractivity contribution in [1.82, 2.24) is 20.5 Å². The number of carbonyl (C=O) groups is 1. The number of aliphatic hydroxyl groups is 1. The Morgan fingerprint density at radius 1 is 1.39 bits per heavy atom.